The largest absolute Gasteiger partial charge is 0.319 e. The van der Waals surface area contributed by atoms with E-state index in [1.54, 1.807) is 0 Å². The van der Waals surface area contributed by atoms with Gasteiger partial charge in [-0.1, -0.05) is 19.3 Å². The lowest BCUT2D eigenvalue weighted by molar-refractivity contribution is 0.268. The Labute approximate surface area is 164 Å². The maximum atomic E-state index is 3.70. The third-order valence-electron chi connectivity index (χ3n) is 5.93. The third-order valence-corrected chi connectivity index (χ3v) is 5.93. The van der Waals surface area contributed by atoms with Gasteiger partial charge in [0.25, 0.3) is 0 Å². The summed E-state index contributed by atoms with van der Waals surface area (Å²) >= 11 is 0. The first kappa shape index (κ1) is 18.8. The van der Waals surface area contributed by atoms with Crippen LogP contribution in [0.4, 0.5) is 17.1 Å². The topological polar surface area (TPSA) is 45.8 Å². The summed E-state index contributed by atoms with van der Waals surface area (Å²) in [5.41, 5.74) is 14.6. The van der Waals surface area contributed by atoms with Crippen molar-refractivity contribution in [3.63, 3.8) is 0 Å². The summed E-state index contributed by atoms with van der Waals surface area (Å²) in [4.78, 5) is 0. The molecule has 3 fully saturated rings. The van der Waals surface area contributed by atoms with Crippen molar-refractivity contribution < 1.29 is 0 Å². The average molecular weight is 373 g/mol. The Morgan fingerprint density at radius 2 is 0.926 bits per heavy atom. The molecular weight excluding hydrogens is 336 g/mol. The van der Waals surface area contributed by atoms with Crippen LogP contribution in [0.3, 0.4) is 0 Å². The molecule has 0 unspecified atom stereocenters. The molecule has 27 heavy (non-hydrogen) atoms. The second-order valence-electron chi connectivity index (χ2n) is 8.24. The van der Waals surface area contributed by atoms with Crippen LogP contribution in [0.5, 0.6) is 0 Å². The van der Waals surface area contributed by atoms with E-state index in [2.05, 4.69) is 49.5 Å². The second kappa shape index (κ2) is 9.62. The number of hydrogen-bond donors (Lipinski definition) is 3. The average Bonchev–Trinajstić information content (AvgIpc) is 2.72. The molecule has 0 aliphatic carbocycles. The van der Waals surface area contributed by atoms with Gasteiger partial charge in [-0.2, -0.15) is 0 Å². The van der Waals surface area contributed by atoms with E-state index in [-0.39, 0.29) is 0 Å². The first-order valence-corrected chi connectivity index (χ1v) is 11.1. The van der Waals surface area contributed by atoms with Crippen LogP contribution in [0.15, 0.2) is 18.2 Å². The zero-order valence-corrected chi connectivity index (χ0v) is 16.7. The Morgan fingerprint density at radius 1 is 0.481 bits per heavy atom. The monoisotopic (exact) mass is 372 g/mol. The van der Waals surface area contributed by atoms with E-state index in [0.717, 1.165) is 39.3 Å². The summed E-state index contributed by atoms with van der Waals surface area (Å²) in [5, 5.41) is 7.12. The van der Waals surface area contributed by atoms with Crippen LogP contribution < -0.4 is 16.3 Å². The van der Waals surface area contributed by atoms with Gasteiger partial charge in [-0.05, 0) is 56.7 Å². The summed E-state index contributed by atoms with van der Waals surface area (Å²) in [5.74, 6) is 0. The number of hydrazine groups is 3. The van der Waals surface area contributed by atoms with Crippen LogP contribution in [0.2, 0.25) is 0 Å². The van der Waals surface area contributed by atoms with Gasteiger partial charge in [-0.15, -0.1) is 0 Å². The molecule has 0 amide bonds. The molecule has 4 rings (SSSR count). The molecule has 0 bridgehead atoms. The highest BCUT2D eigenvalue weighted by atomic mass is 15.5. The Balaban J connectivity index is 1.47. The normalized spacial score (nSPS) is 23.1. The van der Waals surface area contributed by atoms with Crippen LogP contribution in [0.1, 0.15) is 57.8 Å². The minimum absolute atomic E-state index is 1.13. The van der Waals surface area contributed by atoms with Crippen molar-refractivity contribution in [1.82, 2.24) is 15.0 Å². The molecular formula is C21H36N6. The fourth-order valence-corrected chi connectivity index (χ4v) is 4.34. The van der Waals surface area contributed by atoms with Gasteiger partial charge in [-0.25, -0.2) is 15.0 Å². The van der Waals surface area contributed by atoms with Crippen molar-refractivity contribution in [2.75, 3.05) is 55.5 Å². The predicted molar refractivity (Wildman–Crippen MR) is 114 cm³/mol. The van der Waals surface area contributed by atoms with Gasteiger partial charge in [0.1, 0.15) is 0 Å². The summed E-state index contributed by atoms with van der Waals surface area (Å²) in [7, 11) is 0. The van der Waals surface area contributed by atoms with E-state index in [4.69, 9.17) is 0 Å². The highest BCUT2D eigenvalue weighted by Crippen LogP contribution is 2.29. The minimum atomic E-state index is 1.13. The maximum Gasteiger partial charge on any atom is 0.0756 e. The number of nitrogens with zero attached hydrogens (tertiary/aromatic N) is 3. The predicted octanol–water partition coefficient (Wildman–Crippen LogP) is 4.13. The van der Waals surface area contributed by atoms with Crippen LogP contribution >= 0.6 is 0 Å². The summed E-state index contributed by atoms with van der Waals surface area (Å²) in [6.45, 7) is 6.82. The number of hydrogen-bond acceptors (Lipinski definition) is 6. The van der Waals surface area contributed by atoms with Gasteiger partial charge in [0, 0.05) is 39.3 Å². The number of rotatable bonds is 6. The smallest absolute Gasteiger partial charge is 0.0756 e. The SMILES string of the molecule is c1cc(NN2CCCCC2)c(NN2CCCCC2)cc1NN1CCCCC1. The van der Waals surface area contributed by atoms with E-state index in [0.29, 0.717) is 0 Å². The van der Waals surface area contributed by atoms with Crippen LogP contribution in [-0.4, -0.2) is 54.3 Å². The molecule has 3 heterocycles. The molecule has 3 N–H and O–H groups in total. The highest BCUT2D eigenvalue weighted by molar-refractivity contribution is 5.73. The fourth-order valence-electron chi connectivity index (χ4n) is 4.34. The molecule has 0 radical (unpaired) electrons. The van der Waals surface area contributed by atoms with Crippen molar-refractivity contribution in [3.8, 4) is 0 Å². The lowest BCUT2D eigenvalue weighted by Crippen LogP contribution is -2.37. The molecule has 6 heteroatoms. The Hall–Kier alpha value is -1.50. The van der Waals surface area contributed by atoms with Crippen molar-refractivity contribution in [2.45, 2.75) is 57.8 Å². The Bertz CT molecular complexity index is 574. The molecule has 3 aliphatic rings. The maximum absolute atomic E-state index is 3.70. The molecule has 0 saturated carbocycles. The van der Waals surface area contributed by atoms with Crippen LogP contribution in [0, 0.1) is 0 Å². The molecule has 0 aromatic heterocycles. The number of piperidine rings is 3. The molecule has 3 saturated heterocycles. The van der Waals surface area contributed by atoms with E-state index < -0.39 is 0 Å². The van der Waals surface area contributed by atoms with Crippen LogP contribution in [-0.2, 0) is 0 Å². The van der Waals surface area contributed by atoms with Crippen LogP contribution in [0.25, 0.3) is 0 Å². The summed E-state index contributed by atoms with van der Waals surface area (Å²) in [6.07, 6.45) is 11.8. The van der Waals surface area contributed by atoms with Crippen molar-refractivity contribution >= 4 is 17.1 Å². The molecule has 150 valence electrons. The molecule has 6 nitrogen and oxygen atoms in total. The number of benzene rings is 1. The number of anilines is 3. The molecule has 0 atom stereocenters. The first-order valence-electron chi connectivity index (χ1n) is 11.1. The van der Waals surface area contributed by atoms with E-state index >= 15 is 0 Å². The van der Waals surface area contributed by atoms with Gasteiger partial charge in [0.05, 0.1) is 17.1 Å². The minimum Gasteiger partial charge on any atom is -0.319 e. The second-order valence-corrected chi connectivity index (χ2v) is 8.24. The third kappa shape index (κ3) is 5.50. The quantitative estimate of drug-likeness (QED) is 0.698. The lowest BCUT2D eigenvalue weighted by Gasteiger charge is -2.33. The van der Waals surface area contributed by atoms with E-state index in [9.17, 15) is 0 Å². The first-order chi connectivity index (χ1) is 13.4. The van der Waals surface area contributed by atoms with E-state index in [1.807, 2.05) is 0 Å². The number of nitrogens with one attached hydrogen (secondary N) is 3. The van der Waals surface area contributed by atoms with E-state index in [1.165, 1.54) is 74.8 Å². The van der Waals surface area contributed by atoms with Gasteiger partial charge >= 0.3 is 0 Å². The van der Waals surface area contributed by atoms with Gasteiger partial charge < -0.3 is 16.3 Å². The fraction of sp³-hybridized carbons (Fsp3) is 0.714. The molecule has 1 aromatic carbocycles. The standard InChI is InChI=1S/C21H36N6/c1-4-12-25(13-5-1)22-19-10-11-20(23-26-14-6-2-7-15-26)21(18-19)24-27-16-8-3-9-17-27/h10-11,18,22-24H,1-9,12-17H2. The Morgan fingerprint density at radius 3 is 1.44 bits per heavy atom. The molecule has 1 aromatic rings. The highest BCUT2D eigenvalue weighted by Gasteiger charge is 2.16. The Kier molecular flexibility index (Phi) is 6.72. The van der Waals surface area contributed by atoms with Gasteiger partial charge in [-0.3, -0.25) is 0 Å². The molecule has 0 spiro atoms. The van der Waals surface area contributed by atoms with Crippen molar-refractivity contribution in [1.29, 1.82) is 0 Å². The van der Waals surface area contributed by atoms with Crippen molar-refractivity contribution in [2.24, 2.45) is 0 Å². The van der Waals surface area contributed by atoms with Gasteiger partial charge in [0.2, 0.25) is 0 Å². The zero-order valence-electron chi connectivity index (χ0n) is 16.7. The lowest BCUT2D eigenvalue weighted by atomic mass is 10.1. The van der Waals surface area contributed by atoms with Gasteiger partial charge in [0.15, 0.2) is 0 Å². The molecule has 3 aliphatic heterocycles. The van der Waals surface area contributed by atoms with Crippen molar-refractivity contribution in [3.05, 3.63) is 18.2 Å². The summed E-state index contributed by atoms with van der Waals surface area (Å²) in [6, 6.07) is 6.71. The summed E-state index contributed by atoms with van der Waals surface area (Å²) < 4.78 is 0. The zero-order chi connectivity index (χ0) is 18.3.